The highest BCUT2D eigenvalue weighted by Crippen LogP contribution is 2.45. The molecule has 6 heteroatoms. The van der Waals surface area contributed by atoms with Crippen LogP contribution in [0.15, 0.2) is 27.6 Å². The Morgan fingerprint density at radius 1 is 1.21 bits per heavy atom. The van der Waals surface area contributed by atoms with Crippen molar-refractivity contribution in [1.29, 1.82) is 0 Å². The van der Waals surface area contributed by atoms with E-state index in [1.807, 2.05) is 0 Å². The number of anilines is 1. The van der Waals surface area contributed by atoms with Gasteiger partial charge in [0.05, 0.1) is 5.69 Å². The summed E-state index contributed by atoms with van der Waals surface area (Å²) in [6.07, 6.45) is 4.55. The molecule has 4 nitrogen and oxygen atoms in total. The fraction of sp³-hybridized carbons (Fsp3) is 0.538. The van der Waals surface area contributed by atoms with E-state index < -0.39 is 10.0 Å². The summed E-state index contributed by atoms with van der Waals surface area (Å²) in [5.41, 5.74) is 6.09. The number of nitrogen functional groups attached to an aromatic ring is 1. The van der Waals surface area contributed by atoms with Crippen LogP contribution in [0.3, 0.4) is 0 Å². The lowest BCUT2D eigenvalue weighted by Gasteiger charge is -2.18. The summed E-state index contributed by atoms with van der Waals surface area (Å²) in [5, 5.41) is 0. The molecule has 1 aromatic rings. The molecule has 2 fully saturated rings. The van der Waals surface area contributed by atoms with Crippen molar-refractivity contribution in [2.75, 3.05) is 5.73 Å². The van der Waals surface area contributed by atoms with E-state index >= 15 is 0 Å². The Morgan fingerprint density at radius 3 is 2.32 bits per heavy atom. The Kier molecular flexibility index (Phi) is 3.35. The third-order valence-corrected chi connectivity index (χ3v) is 5.82. The van der Waals surface area contributed by atoms with Crippen molar-refractivity contribution in [3.8, 4) is 0 Å². The highest BCUT2D eigenvalue weighted by atomic mass is 79.9. The van der Waals surface area contributed by atoms with Crippen molar-refractivity contribution in [3.63, 3.8) is 0 Å². The monoisotopic (exact) mass is 344 g/mol. The van der Waals surface area contributed by atoms with Gasteiger partial charge in [-0.15, -0.1) is 0 Å². The van der Waals surface area contributed by atoms with Gasteiger partial charge in [0.2, 0.25) is 10.0 Å². The number of rotatable bonds is 5. The van der Waals surface area contributed by atoms with Gasteiger partial charge >= 0.3 is 0 Å². The predicted octanol–water partition coefficient (Wildman–Crippen LogP) is 2.50. The minimum absolute atomic E-state index is 0.100. The van der Waals surface area contributed by atoms with Gasteiger partial charge in [-0.3, -0.25) is 0 Å². The molecule has 2 aliphatic rings. The maximum atomic E-state index is 12.5. The Bertz CT molecular complexity index is 583. The summed E-state index contributed by atoms with van der Waals surface area (Å²) in [7, 11) is -3.53. The van der Waals surface area contributed by atoms with Crippen LogP contribution in [0.25, 0.3) is 0 Å². The molecule has 0 unspecified atom stereocenters. The lowest BCUT2D eigenvalue weighted by Crippen LogP contribution is -2.38. The molecule has 3 N–H and O–H groups in total. The summed E-state index contributed by atoms with van der Waals surface area (Å²) in [6, 6.07) is 5.02. The van der Waals surface area contributed by atoms with Gasteiger partial charge in [0.1, 0.15) is 4.90 Å². The van der Waals surface area contributed by atoms with Crippen LogP contribution in [-0.4, -0.2) is 14.5 Å². The van der Waals surface area contributed by atoms with Crippen LogP contribution in [0, 0.1) is 11.8 Å². The van der Waals surface area contributed by atoms with Gasteiger partial charge in [-0.2, -0.15) is 0 Å². The lowest BCUT2D eigenvalue weighted by molar-refractivity contribution is 0.471. The summed E-state index contributed by atoms with van der Waals surface area (Å²) in [5.74, 6) is 1.05. The van der Waals surface area contributed by atoms with E-state index in [-0.39, 0.29) is 10.9 Å². The Morgan fingerprint density at radius 2 is 1.79 bits per heavy atom. The zero-order valence-corrected chi connectivity index (χ0v) is 12.9. The van der Waals surface area contributed by atoms with Crippen LogP contribution in [0.5, 0.6) is 0 Å². The zero-order valence-electron chi connectivity index (χ0n) is 10.5. The van der Waals surface area contributed by atoms with Crippen LogP contribution in [0.2, 0.25) is 0 Å². The van der Waals surface area contributed by atoms with E-state index in [0.717, 1.165) is 30.2 Å². The summed E-state index contributed by atoms with van der Waals surface area (Å²) < 4.78 is 28.5. The highest BCUT2D eigenvalue weighted by Gasteiger charge is 2.43. The van der Waals surface area contributed by atoms with Crippen molar-refractivity contribution in [1.82, 2.24) is 4.72 Å². The lowest BCUT2D eigenvalue weighted by atomic mass is 10.1. The van der Waals surface area contributed by atoms with Gasteiger partial charge in [0, 0.05) is 10.5 Å². The number of hydrogen-bond acceptors (Lipinski definition) is 3. The third kappa shape index (κ3) is 2.95. The van der Waals surface area contributed by atoms with E-state index in [1.165, 1.54) is 0 Å². The minimum atomic E-state index is -3.53. The molecule has 1 aromatic carbocycles. The normalized spacial score (nSPS) is 19.9. The number of benzene rings is 1. The quantitative estimate of drug-likeness (QED) is 0.806. The van der Waals surface area contributed by atoms with Gasteiger partial charge in [0.25, 0.3) is 0 Å². The Balaban J connectivity index is 1.87. The van der Waals surface area contributed by atoms with Gasteiger partial charge < -0.3 is 5.73 Å². The largest absolute Gasteiger partial charge is 0.398 e. The Hall–Kier alpha value is -0.590. The second-order valence-corrected chi connectivity index (χ2v) is 8.10. The number of nitrogens with one attached hydrogen (secondary N) is 1. The average Bonchev–Trinajstić information content (AvgIpc) is 3.22. The molecule has 0 atom stereocenters. The standard InChI is InChI=1S/C13H17BrN2O2S/c14-10-5-6-11(15)12(7-10)19(17,18)16-13(8-1-2-8)9-3-4-9/h5-9,13,16H,1-4,15H2. The number of sulfonamides is 1. The van der Waals surface area contributed by atoms with Crippen molar-refractivity contribution in [2.24, 2.45) is 11.8 Å². The molecule has 0 heterocycles. The van der Waals surface area contributed by atoms with E-state index in [4.69, 9.17) is 5.73 Å². The maximum Gasteiger partial charge on any atom is 0.242 e. The van der Waals surface area contributed by atoms with Crippen molar-refractivity contribution < 1.29 is 8.42 Å². The third-order valence-electron chi connectivity index (χ3n) is 3.82. The van der Waals surface area contributed by atoms with Crippen molar-refractivity contribution in [3.05, 3.63) is 22.7 Å². The van der Waals surface area contributed by atoms with Gasteiger partial charge in [0.15, 0.2) is 0 Å². The Labute approximate surface area is 121 Å². The summed E-state index contributed by atoms with van der Waals surface area (Å²) >= 11 is 3.29. The highest BCUT2D eigenvalue weighted by molar-refractivity contribution is 9.10. The van der Waals surface area contributed by atoms with Crippen LogP contribution in [0.1, 0.15) is 25.7 Å². The molecule has 3 rings (SSSR count). The molecule has 2 aliphatic carbocycles. The molecule has 0 bridgehead atoms. The maximum absolute atomic E-state index is 12.5. The smallest absolute Gasteiger partial charge is 0.242 e. The molecule has 19 heavy (non-hydrogen) atoms. The van der Waals surface area contributed by atoms with Gasteiger partial charge in [-0.25, -0.2) is 13.1 Å². The van der Waals surface area contributed by atoms with Crippen LogP contribution >= 0.6 is 15.9 Å². The molecule has 104 valence electrons. The minimum Gasteiger partial charge on any atom is -0.398 e. The first-order valence-corrected chi connectivity index (χ1v) is 8.82. The van der Waals surface area contributed by atoms with Crippen LogP contribution in [0.4, 0.5) is 5.69 Å². The first-order valence-electron chi connectivity index (χ1n) is 6.55. The molecule has 0 saturated heterocycles. The second kappa shape index (κ2) is 4.75. The topological polar surface area (TPSA) is 72.2 Å². The molecule has 2 saturated carbocycles. The first kappa shape index (κ1) is 13.4. The molecular weight excluding hydrogens is 328 g/mol. The fourth-order valence-electron chi connectivity index (χ4n) is 2.47. The van der Waals surface area contributed by atoms with Crippen molar-refractivity contribution in [2.45, 2.75) is 36.6 Å². The van der Waals surface area contributed by atoms with Crippen LogP contribution < -0.4 is 10.5 Å². The fourth-order valence-corrected chi connectivity index (χ4v) is 4.51. The van der Waals surface area contributed by atoms with Crippen molar-refractivity contribution >= 4 is 31.6 Å². The summed E-state index contributed by atoms with van der Waals surface area (Å²) in [4.78, 5) is 0.174. The molecular formula is C13H17BrN2O2S. The number of halogens is 1. The van der Waals surface area contributed by atoms with Crippen LogP contribution in [-0.2, 0) is 10.0 Å². The van der Waals surface area contributed by atoms with E-state index in [0.29, 0.717) is 17.5 Å². The van der Waals surface area contributed by atoms with E-state index in [1.54, 1.807) is 18.2 Å². The molecule has 0 spiro atoms. The van der Waals surface area contributed by atoms with Gasteiger partial charge in [-0.05, 0) is 55.7 Å². The average molecular weight is 345 g/mol. The van der Waals surface area contributed by atoms with E-state index in [2.05, 4.69) is 20.7 Å². The second-order valence-electron chi connectivity index (χ2n) is 5.50. The number of nitrogens with two attached hydrogens (primary N) is 1. The first-order chi connectivity index (χ1) is 8.97. The summed E-state index contributed by atoms with van der Waals surface area (Å²) in [6.45, 7) is 0. The molecule has 0 amide bonds. The predicted molar refractivity (Wildman–Crippen MR) is 78.1 cm³/mol. The molecule has 0 radical (unpaired) electrons. The number of hydrogen-bond donors (Lipinski definition) is 2. The molecule has 0 aromatic heterocycles. The van der Waals surface area contributed by atoms with E-state index in [9.17, 15) is 8.42 Å². The molecule has 0 aliphatic heterocycles. The van der Waals surface area contributed by atoms with Gasteiger partial charge in [-0.1, -0.05) is 15.9 Å². The zero-order chi connectivity index (χ0) is 13.6. The SMILES string of the molecule is Nc1ccc(Br)cc1S(=O)(=O)NC(C1CC1)C1CC1.